The molecule has 4 heteroatoms. The molecule has 0 heterocycles. The van der Waals surface area contributed by atoms with Crippen molar-refractivity contribution in [3.05, 3.63) is 0 Å². The van der Waals surface area contributed by atoms with E-state index in [2.05, 4.69) is 0 Å². The molecule has 1 saturated carbocycles. The van der Waals surface area contributed by atoms with Gasteiger partial charge in [0.1, 0.15) is 5.38 Å². The number of alkyl halides is 1. The second kappa shape index (κ2) is 4.48. The molecule has 0 aromatic carbocycles. The molecule has 13 heavy (non-hydrogen) atoms. The van der Waals surface area contributed by atoms with E-state index in [0.29, 0.717) is 19.0 Å². The van der Waals surface area contributed by atoms with E-state index in [4.69, 9.17) is 16.9 Å². The summed E-state index contributed by atoms with van der Waals surface area (Å²) in [5, 5.41) is 7.94. The van der Waals surface area contributed by atoms with Gasteiger partial charge in [0.2, 0.25) is 5.91 Å². The largest absolute Gasteiger partial charge is 0.337 e. The van der Waals surface area contributed by atoms with Crippen LogP contribution in [0.25, 0.3) is 0 Å². The van der Waals surface area contributed by atoms with E-state index in [0.717, 1.165) is 12.8 Å². The highest BCUT2D eigenvalue weighted by Crippen LogP contribution is 2.27. The molecule has 0 bridgehead atoms. The van der Waals surface area contributed by atoms with E-state index in [-0.39, 0.29) is 5.91 Å². The molecule has 1 aliphatic carbocycles. The highest BCUT2D eigenvalue weighted by Gasteiger charge is 2.33. The van der Waals surface area contributed by atoms with E-state index in [1.807, 2.05) is 6.07 Å². The van der Waals surface area contributed by atoms with Crippen LogP contribution < -0.4 is 0 Å². The molecule has 0 aromatic heterocycles. The van der Waals surface area contributed by atoms with E-state index < -0.39 is 5.38 Å². The van der Waals surface area contributed by atoms with Crippen LogP contribution in [0.15, 0.2) is 0 Å². The zero-order chi connectivity index (χ0) is 9.84. The number of halogens is 1. The average molecular weight is 201 g/mol. The van der Waals surface area contributed by atoms with Gasteiger partial charge in [0.05, 0.1) is 12.5 Å². The van der Waals surface area contributed by atoms with E-state index in [1.54, 1.807) is 11.8 Å². The van der Waals surface area contributed by atoms with Crippen molar-refractivity contribution in [2.75, 3.05) is 6.54 Å². The second-order valence-electron chi connectivity index (χ2n) is 3.29. The minimum Gasteiger partial charge on any atom is -0.337 e. The lowest BCUT2D eigenvalue weighted by Gasteiger charge is -2.22. The van der Waals surface area contributed by atoms with Crippen molar-refractivity contribution >= 4 is 17.5 Å². The summed E-state index contributed by atoms with van der Waals surface area (Å²) in [4.78, 5) is 13.3. The summed E-state index contributed by atoms with van der Waals surface area (Å²) < 4.78 is 0. The number of carbonyl (C=O) groups is 1. The standard InChI is InChI=1S/C9H13ClN2O/c1-7(10)9(13)12(6-2-5-11)8-3-4-8/h7-8H,2-4,6H2,1H3. The number of rotatable bonds is 4. The maximum atomic E-state index is 11.5. The van der Waals surface area contributed by atoms with Crippen LogP contribution in [0.2, 0.25) is 0 Å². The third kappa shape index (κ3) is 2.89. The zero-order valence-corrected chi connectivity index (χ0v) is 8.42. The van der Waals surface area contributed by atoms with Crippen LogP contribution in [0.5, 0.6) is 0 Å². The summed E-state index contributed by atoms with van der Waals surface area (Å²) in [6, 6.07) is 2.39. The molecule has 72 valence electrons. The molecule has 0 N–H and O–H groups in total. The minimum absolute atomic E-state index is 0.0422. The molecule has 0 spiro atoms. The van der Waals surface area contributed by atoms with E-state index in [1.165, 1.54) is 0 Å². The van der Waals surface area contributed by atoms with Gasteiger partial charge in [-0.15, -0.1) is 11.6 Å². The van der Waals surface area contributed by atoms with Gasteiger partial charge < -0.3 is 4.90 Å². The number of nitriles is 1. The molecule has 1 amide bonds. The van der Waals surface area contributed by atoms with E-state index in [9.17, 15) is 4.79 Å². The number of hydrogen-bond donors (Lipinski definition) is 0. The Morgan fingerprint density at radius 2 is 2.38 bits per heavy atom. The van der Waals surface area contributed by atoms with Crippen LogP contribution in [0, 0.1) is 11.3 Å². The minimum atomic E-state index is -0.473. The van der Waals surface area contributed by atoms with E-state index >= 15 is 0 Å². The third-order valence-corrected chi connectivity index (χ3v) is 2.26. The first-order valence-corrected chi connectivity index (χ1v) is 4.92. The first-order chi connectivity index (χ1) is 6.16. The quantitative estimate of drug-likeness (QED) is 0.646. The summed E-state index contributed by atoms with van der Waals surface area (Å²) in [5.74, 6) is -0.0422. The number of hydrogen-bond acceptors (Lipinski definition) is 2. The summed E-state index contributed by atoms with van der Waals surface area (Å²) in [7, 11) is 0. The molecule has 0 aliphatic heterocycles. The summed E-state index contributed by atoms with van der Waals surface area (Å²) in [5.41, 5.74) is 0. The maximum absolute atomic E-state index is 11.5. The van der Waals surface area contributed by atoms with Gasteiger partial charge in [-0.3, -0.25) is 4.79 Å². The predicted octanol–water partition coefficient (Wildman–Crippen LogP) is 1.52. The molecule has 3 nitrogen and oxygen atoms in total. The highest BCUT2D eigenvalue weighted by molar-refractivity contribution is 6.30. The Hall–Kier alpha value is -0.750. The van der Waals surface area contributed by atoms with Crippen molar-refractivity contribution in [2.45, 2.75) is 37.6 Å². The molecule has 0 aromatic rings. The first-order valence-electron chi connectivity index (χ1n) is 4.48. The zero-order valence-electron chi connectivity index (χ0n) is 7.66. The monoisotopic (exact) mass is 200 g/mol. The van der Waals surface area contributed by atoms with Gasteiger partial charge in [-0.25, -0.2) is 0 Å². The lowest BCUT2D eigenvalue weighted by Crippen LogP contribution is -2.38. The van der Waals surface area contributed by atoms with Crippen molar-refractivity contribution < 1.29 is 4.79 Å². The fraction of sp³-hybridized carbons (Fsp3) is 0.778. The van der Waals surface area contributed by atoms with Gasteiger partial charge in [-0.05, 0) is 19.8 Å². The second-order valence-corrected chi connectivity index (χ2v) is 3.94. The van der Waals surface area contributed by atoms with Gasteiger partial charge in [-0.1, -0.05) is 0 Å². The Morgan fingerprint density at radius 1 is 1.77 bits per heavy atom. The average Bonchev–Trinajstić information content (AvgIpc) is 2.88. The molecule has 1 atom stereocenters. The Morgan fingerprint density at radius 3 is 2.77 bits per heavy atom. The molecule has 1 unspecified atom stereocenters. The first kappa shape index (κ1) is 10.3. The Balaban J connectivity index is 2.47. The van der Waals surface area contributed by atoms with Gasteiger partial charge in [0.15, 0.2) is 0 Å². The van der Waals surface area contributed by atoms with Crippen LogP contribution in [-0.2, 0) is 4.79 Å². The normalized spacial score (nSPS) is 17.6. The molecule has 1 aliphatic rings. The van der Waals surface area contributed by atoms with Gasteiger partial charge in [-0.2, -0.15) is 5.26 Å². The van der Waals surface area contributed by atoms with Crippen molar-refractivity contribution in [1.82, 2.24) is 4.90 Å². The third-order valence-electron chi connectivity index (χ3n) is 2.08. The van der Waals surface area contributed by atoms with Crippen LogP contribution in [-0.4, -0.2) is 28.8 Å². The molecular weight excluding hydrogens is 188 g/mol. The lowest BCUT2D eigenvalue weighted by molar-refractivity contribution is -0.131. The summed E-state index contributed by atoms with van der Waals surface area (Å²) in [6.07, 6.45) is 2.51. The molecular formula is C9H13ClN2O. The smallest absolute Gasteiger partial charge is 0.240 e. The molecule has 0 saturated heterocycles. The van der Waals surface area contributed by atoms with Crippen molar-refractivity contribution in [2.24, 2.45) is 0 Å². The topological polar surface area (TPSA) is 44.1 Å². The highest BCUT2D eigenvalue weighted by atomic mass is 35.5. The number of carbonyl (C=O) groups excluding carboxylic acids is 1. The molecule has 1 rings (SSSR count). The Kier molecular flexibility index (Phi) is 3.56. The van der Waals surface area contributed by atoms with Gasteiger partial charge in [0.25, 0.3) is 0 Å². The summed E-state index contributed by atoms with van der Waals surface area (Å²) >= 11 is 5.70. The number of nitrogens with zero attached hydrogens (tertiary/aromatic N) is 2. The predicted molar refractivity (Wildman–Crippen MR) is 50.3 cm³/mol. The lowest BCUT2D eigenvalue weighted by atomic mass is 10.3. The summed E-state index contributed by atoms with van der Waals surface area (Å²) in [6.45, 7) is 2.20. The fourth-order valence-electron chi connectivity index (χ4n) is 1.26. The van der Waals surface area contributed by atoms with Gasteiger partial charge >= 0.3 is 0 Å². The van der Waals surface area contributed by atoms with Crippen LogP contribution in [0.1, 0.15) is 26.2 Å². The van der Waals surface area contributed by atoms with Crippen molar-refractivity contribution in [3.63, 3.8) is 0 Å². The molecule has 1 fully saturated rings. The van der Waals surface area contributed by atoms with Gasteiger partial charge in [0, 0.05) is 12.6 Å². The molecule has 0 radical (unpaired) electrons. The van der Waals surface area contributed by atoms with Crippen LogP contribution in [0.4, 0.5) is 0 Å². The maximum Gasteiger partial charge on any atom is 0.240 e. The number of amides is 1. The Bertz CT molecular complexity index is 230. The SMILES string of the molecule is CC(Cl)C(=O)N(CCC#N)C1CC1. The fourth-order valence-corrected chi connectivity index (χ4v) is 1.38. The Labute approximate surface area is 83.3 Å². The van der Waals surface area contributed by atoms with Crippen LogP contribution in [0.3, 0.4) is 0 Å². The van der Waals surface area contributed by atoms with Crippen molar-refractivity contribution in [1.29, 1.82) is 5.26 Å². The van der Waals surface area contributed by atoms with Crippen LogP contribution >= 0.6 is 11.6 Å². The van der Waals surface area contributed by atoms with Crippen molar-refractivity contribution in [3.8, 4) is 6.07 Å².